The standard InChI is InChI=1S/C33H48N4O4S2/c1-5-6-16-36-30(35-21-23(2)18-24(3)22-35)26(25(4)27(20-34)31(36)40)19-28-32(41)37(33(42)43-28)17-14-12-10-8-7-9-11-13-15-29(38)39/h19,23-24H,5-18,21-22H2,1-4H3,(H,38,39)/b28-19+. The van der Waals surface area contributed by atoms with Crippen LogP contribution < -0.4 is 10.5 Å². The molecular formula is C33H48N4O4S2. The number of aliphatic carboxylic acids is 1. The number of hydrogen-bond acceptors (Lipinski definition) is 7. The van der Waals surface area contributed by atoms with E-state index >= 15 is 0 Å². The van der Waals surface area contributed by atoms with Crippen LogP contribution in [0.2, 0.25) is 0 Å². The Balaban J connectivity index is 1.78. The third kappa shape index (κ3) is 9.42. The molecule has 2 unspecified atom stereocenters. The van der Waals surface area contributed by atoms with Gasteiger partial charge in [0.25, 0.3) is 11.5 Å². The summed E-state index contributed by atoms with van der Waals surface area (Å²) in [7, 11) is 0. The van der Waals surface area contributed by atoms with Gasteiger partial charge in [0.2, 0.25) is 0 Å². The first kappa shape index (κ1) is 34.8. The topological polar surface area (TPSA) is 107 Å². The number of nitriles is 1. The highest BCUT2D eigenvalue weighted by Gasteiger charge is 2.34. The third-order valence-corrected chi connectivity index (χ3v) is 9.80. The fraction of sp³-hybridized carbons (Fsp3) is 0.667. The smallest absolute Gasteiger partial charge is 0.303 e. The van der Waals surface area contributed by atoms with Crippen LogP contribution in [-0.4, -0.2) is 50.4 Å². The van der Waals surface area contributed by atoms with Gasteiger partial charge >= 0.3 is 5.97 Å². The second-order valence-electron chi connectivity index (χ2n) is 12.3. The second-order valence-corrected chi connectivity index (χ2v) is 14.0. The van der Waals surface area contributed by atoms with E-state index in [4.69, 9.17) is 17.3 Å². The summed E-state index contributed by atoms with van der Waals surface area (Å²) in [5.41, 5.74) is 1.28. The predicted octanol–water partition coefficient (Wildman–Crippen LogP) is 7.11. The SMILES string of the molecule is CCCCn1c(N2CC(C)CC(C)C2)c(/C=C2/SC(=S)N(CCCCCCCCCCC(=O)O)C2=O)c(C)c(C#N)c1=O. The average Bonchev–Trinajstić information content (AvgIpc) is 3.21. The lowest BCUT2D eigenvalue weighted by molar-refractivity contribution is -0.137. The van der Waals surface area contributed by atoms with Gasteiger partial charge in [0.1, 0.15) is 21.8 Å². The van der Waals surface area contributed by atoms with Crippen LogP contribution in [0.3, 0.4) is 0 Å². The average molecular weight is 629 g/mol. The molecule has 0 aliphatic carbocycles. The van der Waals surface area contributed by atoms with Gasteiger partial charge in [-0.3, -0.25) is 23.9 Å². The zero-order valence-electron chi connectivity index (χ0n) is 26.3. The Hall–Kier alpha value is -2.64. The van der Waals surface area contributed by atoms with E-state index in [0.29, 0.717) is 39.7 Å². The highest BCUT2D eigenvalue weighted by atomic mass is 32.2. The molecule has 3 rings (SSSR count). The number of carbonyl (C=O) groups excluding carboxylic acids is 1. The van der Waals surface area contributed by atoms with Crippen molar-refractivity contribution in [1.29, 1.82) is 5.26 Å². The van der Waals surface area contributed by atoms with Crippen molar-refractivity contribution >= 4 is 52.1 Å². The Morgan fingerprint density at radius 1 is 1.02 bits per heavy atom. The summed E-state index contributed by atoms with van der Waals surface area (Å²) in [4.78, 5) is 42.3. The van der Waals surface area contributed by atoms with E-state index in [1.165, 1.54) is 11.8 Å². The molecule has 0 aromatic carbocycles. The van der Waals surface area contributed by atoms with E-state index in [9.17, 15) is 19.6 Å². The van der Waals surface area contributed by atoms with E-state index < -0.39 is 5.97 Å². The number of carbonyl (C=O) groups is 2. The number of anilines is 1. The fourth-order valence-corrected chi connectivity index (χ4v) is 7.57. The molecule has 8 nitrogen and oxygen atoms in total. The van der Waals surface area contributed by atoms with Gasteiger partial charge < -0.3 is 10.0 Å². The molecule has 10 heteroatoms. The number of hydrogen-bond donors (Lipinski definition) is 1. The maximum atomic E-state index is 13.6. The summed E-state index contributed by atoms with van der Waals surface area (Å²) in [5, 5.41) is 18.7. The quantitative estimate of drug-likeness (QED) is 0.117. The van der Waals surface area contributed by atoms with Crippen LogP contribution in [-0.2, 0) is 16.1 Å². The van der Waals surface area contributed by atoms with Crippen LogP contribution in [0.25, 0.3) is 6.08 Å². The Bertz CT molecular complexity index is 1290. The monoisotopic (exact) mass is 628 g/mol. The van der Waals surface area contributed by atoms with Crippen molar-refractivity contribution in [2.75, 3.05) is 24.5 Å². The molecule has 2 fully saturated rings. The number of unbranched alkanes of at least 4 members (excludes halogenated alkanes) is 8. The number of thioether (sulfide) groups is 1. The molecule has 1 amide bonds. The van der Waals surface area contributed by atoms with E-state index in [1.54, 1.807) is 9.47 Å². The van der Waals surface area contributed by atoms with Gasteiger partial charge in [0, 0.05) is 38.2 Å². The minimum absolute atomic E-state index is 0.107. The van der Waals surface area contributed by atoms with Gasteiger partial charge in [-0.1, -0.05) is 89.7 Å². The molecule has 0 spiro atoms. The molecule has 2 saturated heterocycles. The summed E-state index contributed by atoms with van der Waals surface area (Å²) in [6.45, 7) is 11.1. The summed E-state index contributed by atoms with van der Waals surface area (Å²) < 4.78 is 2.33. The first-order valence-corrected chi connectivity index (χ1v) is 17.2. The minimum atomic E-state index is -0.727. The number of rotatable bonds is 16. The summed E-state index contributed by atoms with van der Waals surface area (Å²) >= 11 is 6.93. The second kappa shape index (κ2) is 17.0. The molecule has 43 heavy (non-hydrogen) atoms. The van der Waals surface area contributed by atoms with Crippen molar-refractivity contribution in [3.63, 3.8) is 0 Å². The number of piperidine rings is 1. The molecule has 1 aromatic rings. The Kier molecular flexibility index (Phi) is 13.8. The molecule has 1 N–H and O–H groups in total. The highest BCUT2D eigenvalue weighted by molar-refractivity contribution is 8.26. The van der Waals surface area contributed by atoms with Crippen LogP contribution in [0.15, 0.2) is 9.70 Å². The van der Waals surface area contributed by atoms with Crippen molar-refractivity contribution < 1.29 is 14.7 Å². The zero-order valence-corrected chi connectivity index (χ0v) is 28.0. The number of thiocarbonyl (C=S) groups is 1. The molecule has 3 heterocycles. The Morgan fingerprint density at radius 3 is 2.21 bits per heavy atom. The van der Waals surface area contributed by atoms with Crippen LogP contribution in [0.5, 0.6) is 0 Å². The molecule has 2 atom stereocenters. The molecule has 0 saturated carbocycles. The van der Waals surface area contributed by atoms with E-state index in [2.05, 4.69) is 31.7 Å². The number of nitrogens with zero attached hydrogens (tertiary/aromatic N) is 4. The first-order valence-electron chi connectivity index (χ1n) is 16.0. The van der Waals surface area contributed by atoms with Crippen molar-refractivity contribution in [2.24, 2.45) is 11.8 Å². The van der Waals surface area contributed by atoms with E-state index in [-0.39, 0.29) is 23.5 Å². The fourth-order valence-electron chi connectivity index (χ4n) is 6.28. The molecule has 2 aliphatic heterocycles. The van der Waals surface area contributed by atoms with Gasteiger partial charge in [-0.2, -0.15) is 5.26 Å². The van der Waals surface area contributed by atoms with Gasteiger partial charge in [-0.05, 0) is 56.1 Å². The van der Waals surface area contributed by atoms with E-state index in [1.807, 2.05) is 13.0 Å². The van der Waals surface area contributed by atoms with Crippen molar-refractivity contribution in [1.82, 2.24) is 9.47 Å². The highest BCUT2D eigenvalue weighted by Crippen LogP contribution is 2.37. The lowest BCUT2D eigenvalue weighted by Crippen LogP contribution is -2.43. The summed E-state index contributed by atoms with van der Waals surface area (Å²) in [6.07, 6.45) is 12.9. The van der Waals surface area contributed by atoms with Crippen molar-refractivity contribution in [2.45, 2.75) is 111 Å². The maximum Gasteiger partial charge on any atom is 0.303 e. The van der Waals surface area contributed by atoms with Gasteiger partial charge in [0.15, 0.2) is 0 Å². The van der Waals surface area contributed by atoms with Gasteiger partial charge in [-0.15, -0.1) is 0 Å². The van der Waals surface area contributed by atoms with Crippen molar-refractivity contribution in [3.8, 4) is 6.07 Å². The number of amides is 1. The van der Waals surface area contributed by atoms with Crippen LogP contribution in [0.1, 0.15) is 115 Å². The first-order chi connectivity index (χ1) is 20.6. The number of aromatic nitrogens is 1. The van der Waals surface area contributed by atoms with Crippen molar-refractivity contribution in [3.05, 3.63) is 31.9 Å². The molecule has 0 radical (unpaired) electrons. The summed E-state index contributed by atoms with van der Waals surface area (Å²) in [5.74, 6) is 0.927. The largest absolute Gasteiger partial charge is 0.481 e. The Labute approximate surface area is 266 Å². The summed E-state index contributed by atoms with van der Waals surface area (Å²) in [6, 6.07) is 2.15. The van der Waals surface area contributed by atoms with Crippen LogP contribution in [0.4, 0.5) is 5.82 Å². The lowest BCUT2D eigenvalue weighted by atomic mass is 9.91. The number of carboxylic acids is 1. The predicted molar refractivity (Wildman–Crippen MR) is 179 cm³/mol. The van der Waals surface area contributed by atoms with Crippen LogP contribution in [0, 0.1) is 30.1 Å². The lowest BCUT2D eigenvalue weighted by Gasteiger charge is -2.39. The van der Waals surface area contributed by atoms with E-state index in [0.717, 1.165) is 95.1 Å². The molecular weight excluding hydrogens is 581 g/mol. The van der Waals surface area contributed by atoms with Gasteiger partial charge in [-0.25, -0.2) is 0 Å². The molecule has 0 bridgehead atoms. The molecule has 236 valence electrons. The van der Waals surface area contributed by atoms with Gasteiger partial charge in [0.05, 0.1) is 4.91 Å². The minimum Gasteiger partial charge on any atom is -0.481 e. The molecule has 2 aliphatic rings. The molecule has 1 aromatic heterocycles. The third-order valence-electron chi connectivity index (χ3n) is 8.42. The zero-order chi connectivity index (χ0) is 31.5. The Morgan fingerprint density at radius 2 is 1.63 bits per heavy atom. The maximum absolute atomic E-state index is 13.6. The number of carboxylic acid groups (broad SMARTS) is 1. The normalized spacial score (nSPS) is 19.8. The van der Waals surface area contributed by atoms with Crippen LogP contribution >= 0.6 is 24.0 Å². The number of pyridine rings is 1.